The lowest BCUT2D eigenvalue weighted by atomic mass is 10.1. The average molecular weight is 298 g/mol. The number of carbonyl (C=O) groups excluding carboxylic acids is 1. The molecular weight excluding hydrogens is 284 g/mol. The lowest BCUT2D eigenvalue weighted by molar-refractivity contribution is -0.384. The number of nitrogens with one attached hydrogen (secondary N) is 1. The number of nitro groups is 1. The Bertz CT molecular complexity index is 571. The predicted octanol–water partition coefficient (Wildman–Crippen LogP) is 0.167. The van der Waals surface area contributed by atoms with E-state index in [2.05, 4.69) is 5.32 Å². The summed E-state index contributed by atoms with van der Waals surface area (Å²) in [6.07, 6.45) is -1.34. The van der Waals surface area contributed by atoms with E-state index in [0.29, 0.717) is 0 Å². The number of carboxylic acid groups (broad SMARTS) is 1. The maximum Gasteiger partial charge on any atom is 0.328 e. The van der Waals surface area contributed by atoms with E-state index in [4.69, 9.17) is 9.84 Å². The highest BCUT2D eigenvalue weighted by molar-refractivity contribution is 5.99. The molecule has 1 amide bonds. The summed E-state index contributed by atoms with van der Waals surface area (Å²) in [6.45, 7) is 1.20. The second kappa shape index (κ2) is 6.66. The summed E-state index contributed by atoms with van der Waals surface area (Å²) in [7, 11) is 1.27. The maximum atomic E-state index is 12.0. The molecule has 1 aromatic carbocycles. The number of hydrogen-bond donors (Lipinski definition) is 3. The highest BCUT2D eigenvalue weighted by Gasteiger charge is 2.27. The molecule has 0 unspecified atom stereocenters. The zero-order valence-corrected chi connectivity index (χ0v) is 11.3. The number of carboxylic acids is 1. The van der Waals surface area contributed by atoms with Crippen molar-refractivity contribution in [3.8, 4) is 5.75 Å². The van der Waals surface area contributed by atoms with E-state index < -0.39 is 28.9 Å². The Labute approximate surface area is 119 Å². The highest BCUT2D eigenvalue weighted by Crippen LogP contribution is 2.24. The Hall–Kier alpha value is -2.68. The number of aliphatic hydroxyl groups is 1. The number of nitro benzene ring substituents is 1. The summed E-state index contributed by atoms with van der Waals surface area (Å²) in [6, 6.07) is 1.81. The third-order valence-corrected chi connectivity index (χ3v) is 2.67. The molecule has 0 heterocycles. The van der Waals surface area contributed by atoms with Gasteiger partial charge in [0.1, 0.15) is 5.75 Å². The molecule has 0 saturated heterocycles. The molecule has 0 aliphatic rings. The van der Waals surface area contributed by atoms with Crippen LogP contribution in [-0.4, -0.2) is 46.3 Å². The molecule has 2 atom stereocenters. The second-order valence-electron chi connectivity index (χ2n) is 4.17. The van der Waals surface area contributed by atoms with E-state index >= 15 is 0 Å². The summed E-state index contributed by atoms with van der Waals surface area (Å²) < 4.78 is 4.91. The summed E-state index contributed by atoms with van der Waals surface area (Å²) in [5, 5.41) is 31.0. The van der Waals surface area contributed by atoms with Gasteiger partial charge in [-0.15, -0.1) is 0 Å². The molecule has 1 rings (SSSR count). The molecule has 0 aliphatic carbocycles. The first-order chi connectivity index (χ1) is 9.77. The molecule has 0 aliphatic heterocycles. The number of amides is 1. The van der Waals surface area contributed by atoms with Crippen LogP contribution in [0.4, 0.5) is 5.69 Å². The van der Waals surface area contributed by atoms with Crippen molar-refractivity contribution in [2.45, 2.75) is 19.1 Å². The molecule has 9 nitrogen and oxygen atoms in total. The number of ether oxygens (including phenoxy) is 1. The van der Waals surface area contributed by atoms with Crippen molar-refractivity contribution in [2.24, 2.45) is 0 Å². The van der Waals surface area contributed by atoms with Crippen LogP contribution >= 0.6 is 0 Å². The fourth-order valence-electron chi connectivity index (χ4n) is 1.59. The van der Waals surface area contributed by atoms with Crippen LogP contribution in [0.1, 0.15) is 17.3 Å². The molecule has 0 saturated carbocycles. The van der Waals surface area contributed by atoms with Crippen molar-refractivity contribution < 1.29 is 29.5 Å². The van der Waals surface area contributed by atoms with Gasteiger partial charge >= 0.3 is 5.97 Å². The van der Waals surface area contributed by atoms with E-state index in [-0.39, 0.29) is 17.0 Å². The first kappa shape index (κ1) is 16.4. The number of non-ortho nitro benzene ring substituents is 1. The van der Waals surface area contributed by atoms with Gasteiger partial charge in [-0.2, -0.15) is 0 Å². The van der Waals surface area contributed by atoms with Crippen LogP contribution in [0.15, 0.2) is 18.2 Å². The fourth-order valence-corrected chi connectivity index (χ4v) is 1.59. The Morgan fingerprint density at radius 1 is 1.43 bits per heavy atom. The maximum absolute atomic E-state index is 12.0. The zero-order valence-electron chi connectivity index (χ0n) is 11.3. The van der Waals surface area contributed by atoms with Gasteiger partial charge in [0.2, 0.25) is 0 Å². The molecular formula is C12H14N2O7. The molecule has 1 aromatic rings. The van der Waals surface area contributed by atoms with Crippen LogP contribution in [0.2, 0.25) is 0 Å². The third-order valence-electron chi connectivity index (χ3n) is 2.67. The number of nitrogens with zero attached hydrogens (tertiary/aromatic N) is 1. The molecule has 9 heteroatoms. The first-order valence-electron chi connectivity index (χ1n) is 5.82. The fraction of sp³-hybridized carbons (Fsp3) is 0.333. The lowest BCUT2D eigenvalue weighted by Crippen LogP contribution is -2.47. The highest BCUT2D eigenvalue weighted by atomic mass is 16.6. The van der Waals surface area contributed by atoms with Gasteiger partial charge in [0.15, 0.2) is 6.04 Å². The summed E-state index contributed by atoms with van der Waals surface area (Å²) >= 11 is 0. The van der Waals surface area contributed by atoms with Crippen LogP contribution in [-0.2, 0) is 4.79 Å². The molecule has 0 aromatic heterocycles. The van der Waals surface area contributed by atoms with Gasteiger partial charge in [-0.25, -0.2) is 4.79 Å². The lowest BCUT2D eigenvalue weighted by Gasteiger charge is -2.17. The SMILES string of the molecule is COc1ccc([N+](=O)[O-])cc1C(=O)N[C@H](C(=O)O)[C@@H](C)O. The van der Waals surface area contributed by atoms with E-state index in [1.165, 1.54) is 20.1 Å². The van der Waals surface area contributed by atoms with Crippen molar-refractivity contribution in [2.75, 3.05) is 7.11 Å². The van der Waals surface area contributed by atoms with E-state index in [1.54, 1.807) is 0 Å². The van der Waals surface area contributed by atoms with Gasteiger partial charge in [-0.1, -0.05) is 0 Å². The molecule has 0 bridgehead atoms. The minimum Gasteiger partial charge on any atom is -0.496 e. The summed E-state index contributed by atoms with van der Waals surface area (Å²) in [4.78, 5) is 33.0. The first-order valence-corrected chi connectivity index (χ1v) is 5.82. The second-order valence-corrected chi connectivity index (χ2v) is 4.17. The Morgan fingerprint density at radius 2 is 2.05 bits per heavy atom. The van der Waals surface area contributed by atoms with E-state index in [1.807, 2.05) is 0 Å². The van der Waals surface area contributed by atoms with E-state index in [9.17, 15) is 24.8 Å². The Kier molecular flexibility index (Phi) is 5.19. The van der Waals surface area contributed by atoms with Gasteiger partial charge in [0, 0.05) is 12.1 Å². The summed E-state index contributed by atoms with van der Waals surface area (Å²) in [5.41, 5.74) is -0.538. The van der Waals surface area contributed by atoms with Crippen molar-refractivity contribution >= 4 is 17.6 Å². The Balaban J connectivity index is 3.13. The predicted molar refractivity (Wildman–Crippen MR) is 70.2 cm³/mol. The molecule has 0 fully saturated rings. The molecule has 3 N–H and O–H groups in total. The zero-order chi connectivity index (χ0) is 16.2. The van der Waals surface area contributed by atoms with E-state index in [0.717, 1.165) is 12.1 Å². The quantitative estimate of drug-likeness (QED) is 0.502. The van der Waals surface area contributed by atoms with Gasteiger partial charge < -0.3 is 20.3 Å². The summed E-state index contributed by atoms with van der Waals surface area (Å²) in [5.74, 6) is -2.28. The van der Waals surface area contributed by atoms with Gasteiger partial charge in [0.25, 0.3) is 11.6 Å². The minimum absolute atomic E-state index is 0.0489. The largest absolute Gasteiger partial charge is 0.496 e. The number of carbonyl (C=O) groups is 2. The molecule has 0 radical (unpaired) electrons. The van der Waals surface area contributed by atoms with Crippen LogP contribution in [0, 0.1) is 10.1 Å². The standard InChI is InChI=1S/C12H14N2O7/c1-6(15)10(12(17)18)13-11(16)8-5-7(14(19)20)3-4-9(8)21-2/h3-6,10,15H,1-2H3,(H,13,16)(H,17,18)/t6-,10+/m1/s1. The number of hydrogen-bond acceptors (Lipinski definition) is 6. The van der Waals surface area contributed by atoms with Crippen molar-refractivity contribution in [3.63, 3.8) is 0 Å². The number of aliphatic hydroxyl groups excluding tert-OH is 1. The van der Waals surface area contributed by atoms with Gasteiger partial charge in [-0.3, -0.25) is 14.9 Å². The minimum atomic E-state index is -1.54. The van der Waals surface area contributed by atoms with Crippen molar-refractivity contribution in [1.82, 2.24) is 5.32 Å². The number of methoxy groups -OCH3 is 1. The molecule has 114 valence electrons. The van der Waals surface area contributed by atoms with Crippen LogP contribution in [0.25, 0.3) is 0 Å². The third kappa shape index (κ3) is 3.89. The monoisotopic (exact) mass is 298 g/mol. The number of aliphatic carboxylic acids is 1. The van der Waals surface area contributed by atoms with Crippen LogP contribution in [0.3, 0.4) is 0 Å². The van der Waals surface area contributed by atoms with Crippen LogP contribution in [0.5, 0.6) is 5.75 Å². The van der Waals surface area contributed by atoms with Crippen molar-refractivity contribution in [3.05, 3.63) is 33.9 Å². The normalized spacial score (nSPS) is 13.1. The number of rotatable bonds is 6. The molecule has 21 heavy (non-hydrogen) atoms. The Morgan fingerprint density at radius 3 is 2.48 bits per heavy atom. The topological polar surface area (TPSA) is 139 Å². The molecule has 0 spiro atoms. The number of benzene rings is 1. The van der Waals surface area contributed by atoms with Crippen LogP contribution < -0.4 is 10.1 Å². The average Bonchev–Trinajstić information content (AvgIpc) is 2.42. The van der Waals surface area contributed by atoms with Gasteiger partial charge in [0.05, 0.1) is 23.7 Å². The van der Waals surface area contributed by atoms with Crippen molar-refractivity contribution in [1.29, 1.82) is 0 Å². The van der Waals surface area contributed by atoms with Gasteiger partial charge in [-0.05, 0) is 13.0 Å². The smallest absolute Gasteiger partial charge is 0.328 e.